The molecule has 0 fully saturated rings. The van der Waals surface area contributed by atoms with Crippen LogP contribution in [0.4, 0.5) is 10.5 Å². The molecule has 0 unspecified atom stereocenters. The van der Waals surface area contributed by atoms with Gasteiger partial charge in [-0.05, 0) is 67.4 Å². The number of benzene rings is 2. The van der Waals surface area contributed by atoms with Crippen LogP contribution in [0, 0.1) is 13.8 Å². The van der Waals surface area contributed by atoms with Crippen LogP contribution in [-0.4, -0.2) is 16.8 Å². The second-order valence-electron chi connectivity index (χ2n) is 5.85. The molecule has 5 nitrogen and oxygen atoms in total. The van der Waals surface area contributed by atoms with Crippen molar-refractivity contribution in [3.63, 3.8) is 0 Å². The number of aromatic nitrogens is 1. The maximum Gasteiger partial charge on any atom is 0.339 e. The molecule has 3 rings (SSSR count). The fourth-order valence-corrected chi connectivity index (χ4v) is 2.66. The summed E-state index contributed by atoms with van der Waals surface area (Å²) in [5.41, 5.74) is 7.19. The summed E-state index contributed by atoms with van der Waals surface area (Å²) in [5.74, 6) is 0. The number of urea groups is 1. The van der Waals surface area contributed by atoms with E-state index in [1.54, 1.807) is 6.21 Å². The fourth-order valence-electron chi connectivity index (χ4n) is 2.53. The summed E-state index contributed by atoms with van der Waals surface area (Å²) in [6.07, 6.45) is 3.51. The van der Waals surface area contributed by atoms with E-state index in [2.05, 4.69) is 15.8 Å². The lowest BCUT2D eigenvalue weighted by Crippen LogP contribution is -2.24. The highest BCUT2D eigenvalue weighted by Crippen LogP contribution is 2.18. The van der Waals surface area contributed by atoms with Crippen LogP contribution in [0.15, 0.2) is 65.9 Å². The van der Waals surface area contributed by atoms with E-state index in [1.807, 2.05) is 79.2 Å². The van der Waals surface area contributed by atoms with Crippen LogP contribution in [0.5, 0.6) is 0 Å². The molecule has 0 bridgehead atoms. The zero-order valence-electron chi connectivity index (χ0n) is 14.5. The number of halogens is 1. The minimum atomic E-state index is -0.389. The topological polar surface area (TPSA) is 58.4 Å². The Hall–Kier alpha value is -3.05. The zero-order chi connectivity index (χ0) is 18.5. The van der Waals surface area contributed by atoms with Gasteiger partial charge in [-0.25, -0.2) is 10.2 Å². The number of rotatable bonds is 4. The lowest BCUT2D eigenvalue weighted by molar-refractivity contribution is 0.252. The van der Waals surface area contributed by atoms with E-state index in [-0.39, 0.29) is 6.03 Å². The van der Waals surface area contributed by atoms with Crippen LogP contribution in [-0.2, 0) is 0 Å². The Balaban J connectivity index is 1.66. The van der Waals surface area contributed by atoms with E-state index in [0.717, 1.165) is 28.2 Å². The van der Waals surface area contributed by atoms with Gasteiger partial charge in [-0.15, -0.1) is 0 Å². The third kappa shape index (κ3) is 4.13. The van der Waals surface area contributed by atoms with Gasteiger partial charge in [0.15, 0.2) is 0 Å². The van der Waals surface area contributed by atoms with Crippen molar-refractivity contribution in [1.82, 2.24) is 9.99 Å². The molecule has 3 aromatic rings. The van der Waals surface area contributed by atoms with Crippen molar-refractivity contribution in [3.05, 3.63) is 82.6 Å². The van der Waals surface area contributed by atoms with Gasteiger partial charge in [-0.1, -0.05) is 23.7 Å². The van der Waals surface area contributed by atoms with Crippen LogP contribution in [0.2, 0.25) is 5.02 Å². The maximum absolute atomic E-state index is 12.0. The van der Waals surface area contributed by atoms with Crippen LogP contribution in [0.25, 0.3) is 5.69 Å². The molecule has 0 aliphatic heterocycles. The Bertz CT molecular complexity index is 945. The third-order valence-electron chi connectivity index (χ3n) is 4.10. The number of hydrogen-bond acceptors (Lipinski definition) is 2. The molecule has 1 heterocycles. The van der Waals surface area contributed by atoms with E-state index >= 15 is 0 Å². The molecule has 2 amide bonds. The summed E-state index contributed by atoms with van der Waals surface area (Å²) in [4.78, 5) is 12.0. The SMILES string of the molecule is Cc1cccc(NC(=O)N/N=C/c2cccn2-c2ccc(Cl)cc2)c1C. The molecule has 0 aliphatic carbocycles. The zero-order valence-corrected chi connectivity index (χ0v) is 15.3. The molecule has 132 valence electrons. The minimum absolute atomic E-state index is 0.389. The van der Waals surface area contributed by atoms with Crippen LogP contribution in [0.1, 0.15) is 16.8 Å². The summed E-state index contributed by atoms with van der Waals surface area (Å²) >= 11 is 5.93. The molecule has 1 aromatic heterocycles. The van der Waals surface area contributed by atoms with Crippen molar-refractivity contribution in [2.45, 2.75) is 13.8 Å². The first-order valence-electron chi connectivity index (χ1n) is 8.14. The Morgan fingerprint density at radius 1 is 1.08 bits per heavy atom. The highest BCUT2D eigenvalue weighted by Gasteiger charge is 2.05. The van der Waals surface area contributed by atoms with E-state index in [1.165, 1.54) is 0 Å². The molecule has 26 heavy (non-hydrogen) atoms. The van der Waals surface area contributed by atoms with E-state index in [0.29, 0.717) is 5.02 Å². The van der Waals surface area contributed by atoms with Crippen LogP contribution in [0.3, 0.4) is 0 Å². The molecular weight excluding hydrogens is 348 g/mol. The third-order valence-corrected chi connectivity index (χ3v) is 4.35. The number of amides is 2. The molecular formula is C20H19ClN4O. The van der Waals surface area contributed by atoms with Gasteiger partial charge in [-0.3, -0.25) is 0 Å². The average molecular weight is 367 g/mol. The number of aryl methyl sites for hydroxylation is 1. The van der Waals surface area contributed by atoms with Crippen molar-refractivity contribution >= 4 is 29.5 Å². The monoisotopic (exact) mass is 366 g/mol. The summed E-state index contributed by atoms with van der Waals surface area (Å²) in [6.45, 7) is 3.97. The van der Waals surface area contributed by atoms with Gasteiger partial charge in [-0.2, -0.15) is 5.10 Å². The van der Waals surface area contributed by atoms with Gasteiger partial charge < -0.3 is 9.88 Å². The first kappa shape index (κ1) is 17.8. The number of hydrogen-bond donors (Lipinski definition) is 2. The highest BCUT2D eigenvalue weighted by atomic mass is 35.5. The fraction of sp³-hybridized carbons (Fsp3) is 0.100. The molecule has 0 saturated heterocycles. The second kappa shape index (κ2) is 7.89. The first-order valence-corrected chi connectivity index (χ1v) is 8.52. The predicted molar refractivity (Wildman–Crippen MR) is 106 cm³/mol. The average Bonchev–Trinajstić information content (AvgIpc) is 3.08. The normalized spacial score (nSPS) is 10.9. The van der Waals surface area contributed by atoms with Crippen LogP contribution >= 0.6 is 11.6 Å². The predicted octanol–water partition coefficient (Wildman–Crippen LogP) is 4.90. The lowest BCUT2D eigenvalue weighted by Gasteiger charge is -2.09. The van der Waals surface area contributed by atoms with Gasteiger partial charge in [0.05, 0.1) is 11.9 Å². The van der Waals surface area contributed by atoms with E-state index < -0.39 is 0 Å². The largest absolute Gasteiger partial charge is 0.339 e. The second-order valence-corrected chi connectivity index (χ2v) is 6.29. The number of hydrazone groups is 1. The van der Waals surface area contributed by atoms with Crippen LogP contribution < -0.4 is 10.7 Å². The number of carbonyl (C=O) groups is 1. The minimum Gasteiger partial charge on any atom is -0.316 e. The lowest BCUT2D eigenvalue weighted by atomic mass is 10.1. The smallest absolute Gasteiger partial charge is 0.316 e. The van der Waals surface area contributed by atoms with Crippen molar-refractivity contribution < 1.29 is 4.79 Å². The van der Waals surface area contributed by atoms with Gasteiger partial charge >= 0.3 is 6.03 Å². The Morgan fingerprint density at radius 2 is 1.85 bits per heavy atom. The summed E-state index contributed by atoms with van der Waals surface area (Å²) in [7, 11) is 0. The summed E-state index contributed by atoms with van der Waals surface area (Å²) < 4.78 is 1.95. The Morgan fingerprint density at radius 3 is 2.62 bits per heavy atom. The number of nitrogens with one attached hydrogen (secondary N) is 2. The molecule has 0 spiro atoms. The maximum atomic E-state index is 12.0. The van der Waals surface area contributed by atoms with E-state index in [4.69, 9.17) is 11.6 Å². The van der Waals surface area contributed by atoms with Crippen molar-refractivity contribution in [2.75, 3.05) is 5.32 Å². The number of nitrogens with zero attached hydrogens (tertiary/aromatic N) is 2. The molecule has 0 saturated carbocycles. The quantitative estimate of drug-likeness (QED) is 0.500. The number of carbonyl (C=O) groups excluding carboxylic acids is 1. The van der Waals surface area contributed by atoms with Gasteiger partial charge in [0, 0.05) is 22.6 Å². The van der Waals surface area contributed by atoms with E-state index in [9.17, 15) is 4.79 Å². The van der Waals surface area contributed by atoms with Crippen molar-refractivity contribution in [3.8, 4) is 5.69 Å². The van der Waals surface area contributed by atoms with Gasteiger partial charge in [0.1, 0.15) is 0 Å². The first-order chi connectivity index (χ1) is 12.5. The Labute approximate surface area is 157 Å². The van der Waals surface area contributed by atoms with Gasteiger partial charge in [0.25, 0.3) is 0 Å². The Kier molecular flexibility index (Phi) is 5.39. The molecule has 0 radical (unpaired) electrons. The molecule has 0 aliphatic rings. The number of anilines is 1. The molecule has 2 N–H and O–H groups in total. The highest BCUT2D eigenvalue weighted by molar-refractivity contribution is 6.30. The molecule has 6 heteroatoms. The van der Waals surface area contributed by atoms with Gasteiger partial charge in [0.2, 0.25) is 0 Å². The molecule has 2 aromatic carbocycles. The summed E-state index contributed by atoms with van der Waals surface area (Å²) in [6, 6.07) is 16.7. The molecule has 0 atom stereocenters. The standard InChI is InChI=1S/C20H19ClN4O/c1-14-5-3-7-19(15(14)2)23-20(26)24-22-13-18-6-4-12-25(18)17-10-8-16(21)9-11-17/h3-13H,1-2H3,(H2,23,24,26)/b22-13+. The summed E-state index contributed by atoms with van der Waals surface area (Å²) in [5, 5.41) is 7.51. The van der Waals surface area contributed by atoms with Crippen molar-refractivity contribution in [1.29, 1.82) is 0 Å². The van der Waals surface area contributed by atoms with Crippen molar-refractivity contribution in [2.24, 2.45) is 5.10 Å².